The van der Waals surface area contributed by atoms with Gasteiger partial charge in [0.2, 0.25) is 0 Å². The average molecular weight is 172 g/mol. The average Bonchev–Trinajstić information content (AvgIpc) is 2.19. The topological polar surface area (TPSA) is 25.2 Å². The van der Waals surface area contributed by atoms with Crippen molar-refractivity contribution in [1.82, 2.24) is 4.98 Å². The van der Waals surface area contributed by atoms with Crippen molar-refractivity contribution in [1.29, 1.82) is 0 Å². The monoisotopic (exact) mass is 172 g/mol. The number of nitrogens with zero attached hydrogens (tertiary/aromatic N) is 2. The Morgan fingerprint density at radius 3 is 2.92 bits per heavy atom. The zero-order valence-corrected chi connectivity index (χ0v) is 7.64. The van der Waals surface area contributed by atoms with Crippen molar-refractivity contribution < 1.29 is 0 Å². The van der Waals surface area contributed by atoms with E-state index in [0.717, 1.165) is 11.4 Å². The summed E-state index contributed by atoms with van der Waals surface area (Å²) < 4.78 is 0. The molecular formula is C11H12N2. The van der Waals surface area contributed by atoms with Gasteiger partial charge in [0.25, 0.3) is 0 Å². The summed E-state index contributed by atoms with van der Waals surface area (Å²) in [6, 6.07) is 5.73. The second-order valence-electron chi connectivity index (χ2n) is 2.39. The van der Waals surface area contributed by atoms with Gasteiger partial charge in [-0.2, -0.15) is 0 Å². The standard InChI is InChI=1S/C11H12N2/c1-3-7-10(12-4-2)11-8-5-6-9-13-11/h3-9H,1H2,2H3/b10-7-,12-4?. The molecule has 2 heteroatoms. The molecule has 2 nitrogen and oxygen atoms in total. The molecule has 1 aromatic heterocycles. The van der Waals surface area contributed by atoms with Crippen LogP contribution in [0.4, 0.5) is 0 Å². The molecule has 0 aliphatic carbocycles. The highest BCUT2D eigenvalue weighted by Crippen LogP contribution is 2.11. The van der Waals surface area contributed by atoms with E-state index in [2.05, 4.69) is 16.6 Å². The summed E-state index contributed by atoms with van der Waals surface area (Å²) >= 11 is 0. The third kappa shape index (κ3) is 2.67. The van der Waals surface area contributed by atoms with Gasteiger partial charge >= 0.3 is 0 Å². The van der Waals surface area contributed by atoms with Crippen LogP contribution in [0.25, 0.3) is 5.70 Å². The van der Waals surface area contributed by atoms with Crippen LogP contribution >= 0.6 is 0 Å². The maximum atomic E-state index is 4.19. The van der Waals surface area contributed by atoms with Gasteiger partial charge in [0.1, 0.15) is 0 Å². The molecular weight excluding hydrogens is 160 g/mol. The van der Waals surface area contributed by atoms with Gasteiger partial charge in [0, 0.05) is 12.4 Å². The minimum atomic E-state index is 0.832. The fourth-order valence-corrected chi connectivity index (χ4v) is 0.960. The Hall–Kier alpha value is -1.70. The van der Waals surface area contributed by atoms with E-state index in [-0.39, 0.29) is 0 Å². The summed E-state index contributed by atoms with van der Waals surface area (Å²) in [5.74, 6) is 0. The smallest absolute Gasteiger partial charge is 0.0885 e. The molecule has 0 spiro atoms. The van der Waals surface area contributed by atoms with Gasteiger partial charge in [-0.15, -0.1) is 0 Å². The van der Waals surface area contributed by atoms with Crippen molar-refractivity contribution >= 4 is 11.9 Å². The molecule has 13 heavy (non-hydrogen) atoms. The molecule has 0 saturated heterocycles. The minimum absolute atomic E-state index is 0.832. The minimum Gasteiger partial charge on any atom is -0.259 e. The summed E-state index contributed by atoms with van der Waals surface area (Å²) in [7, 11) is 0. The Balaban J connectivity index is 3.03. The van der Waals surface area contributed by atoms with E-state index in [1.165, 1.54) is 0 Å². The van der Waals surface area contributed by atoms with Crippen molar-refractivity contribution in [2.24, 2.45) is 4.99 Å². The molecule has 66 valence electrons. The van der Waals surface area contributed by atoms with E-state index in [0.29, 0.717) is 0 Å². The lowest BCUT2D eigenvalue weighted by Gasteiger charge is -1.97. The van der Waals surface area contributed by atoms with E-state index in [4.69, 9.17) is 0 Å². The molecule has 0 bridgehead atoms. The maximum absolute atomic E-state index is 4.19. The van der Waals surface area contributed by atoms with Gasteiger partial charge in [0.15, 0.2) is 0 Å². The largest absolute Gasteiger partial charge is 0.259 e. The number of rotatable bonds is 3. The highest BCUT2D eigenvalue weighted by atomic mass is 14.8. The normalized spacial score (nSPS) is 11.9. The first-order valence-corrected chi connectivity index (χ1v) is 4.11. The quantitative estimate of drug-likeness (QED) is 0.508. The number of pyridine rings is 1. The molecule has 0 saturated carbocycles. The van der Waals surface area contributed by atoms with Crippen LogP contribution in [0.15, 0.2) is 48.1 Å². The summed E-state index contributed by atoms with van der Waals surface area (Å²) in [5.41, 5.74) is 1.69. The molecule has 0 unspecified atom stereocenters. The van der Waals surface area contributed by atoms with Crippen LogP contribution < -0.4 is 0 Å². The fraction of sp³-hybridized carbons (Fsp3) is 0.0909. The molecule has 0 amide bonds. The van der Waals surface area contributed by atoms with E-state index in [1.807, 2.05) is 31.2 Å². The van der Waals surface area contributed by atoms with Crippen molar-refractivity contribution in [3.8, 4) is 0 Å². The Bertz CT molecular complexity index is 323. The lowest BCUT2D eigenvalue weighted by atomic mass is 10.2. The van der Waals surface area contributed by atoms with Gasteiger partial charge in [-0.05, 0) is 25.1 Å². The summed E-state index contributed by atoms with van der Waals surface area (Å²) in [6.07, 6.45) is 7.03. The summed E-state index contributed by atoms with van der Waals surface area (Å²) in [4.78, 5) is 8.37. The van der Waals surface area contributed by atoms with Gasteiger partial charge in [0.05, 0.1) is 11.4 Å². The number of hydrogen-bond acceptors (Lipinski definition) is 2. The Kier molecular flexibility index (Phi) is 3.64. The van der Waals surface area contributed by atoms with Crippen LogP contribution in [0.5, 0.6) is 0 Å². The van der Waals surface area contributed by atoms with Gasteiger partial charge in [-0.25, -0.2) is 0 Å². The molecule has 0 atom stereocenters. The molecule has 1 heterocycles. The highest BCUT2D eigenvalue weighted by molar-refractivity contribution is 5.71. The van der Waals surface area contributed by atoms with Crippen molar-refractivity contribution in [3.05, 3.63) is 48.8 Å². The van der Waals surface area contributed by atoms with Gasteiger partial charge in [-0.3, -0.25) is 9.98 Å². The van der Waals surface area contributed by atoms with Crippen LogP contribution in [-0.2, 0) is 0 Å². The first-order valence-electron chi connectivity index (χ1n) is 4.11. The molecule has 0 aromatic carbocycles. The van der Waals surface area contributed by atoms with Gasteiger partial charge < -0.3 is 0 Å². The van der Waals surface area contributed by atoms with E-state index >= 15 is 0 Å². The molecule has 0 aliphatic heterocycles. The third-order valence-electron chi connectivity index (χ3n) is 1.47. The lowest BCUT2D eigenvalue weighted by Crippen LogP contribution is -1.84. The van der Waals surface area contributed by atoms with Crippen LogP contribution in [0, 0.1) is 0 Å². The Labute approximate surface area is 78.4 Å². The maximum Gasteiger partial charge on any atom is 0.0885 e. The van der Waals surface area contributed by atoms with Crippen LogP contribution in [-0.4, -0.2) is 11.2 Å². The van der Waals surface area contributed by atoms with Crippen LogP contribution in [0.1, 0.15) is 12.6 Å². The molecule has 0 N–H and O–H groups in total. The first-order chi connectivity index (χ1) is 6.38. The van der Waals surface area contributed by atoms with E-state index in [1.54, 1.807) is 18.5 Å². The van der Waals surface area contributed by atoms with Crippen molar-refractivity contribution in [3.63, 3.8) is 0 Å². The number of allylic oxidation sites excluding steroid dienone is 2. The highest BCUT2D eigenvalue weighted by Gasteiger charge is 1.96. The second kappa shape index (κ2) is 5.04. The van der Waals surface area contributed by atoms with Gasteiger partial charge in [-0.1, -0.05) is 18.7 Å². The third-order valence-corrected chi connectivity index (χ3v) is 1.47. The predicted molar refractivity (Wildman–Crippen MR) is 56.6 cm³/mol. The van der Waals surface area contributed by atoms with Crippen LogP contribution in [0.2, 0.25) is 0 Å². The molecule has 0 fully saturated rings. The van der Waals surface area contributed by atoms with Crippen LogP contribution in [0.3, 0.4) is 0 Å². The Morgan fingerprint density at radius 1 is 1.54 bits per heavy atom. The van der Waals surface area contributed by atoms with Crippen molar-refractivity contribution in [2.45, 2.75) is 6.92 Å². The zero-order valence-electron chi connectivity index (χ0n) is 7.64. The fourth-order valence-electron chi connectivity index (χ4n) is 0.960. The molecule has 0 radical (unpaired) electrons. The van der Waals surface area contributed by atoms with E-state index < -0.39 is 0 Å². The second-order valence-corrected chi connectivity index (χ2v) is 2.39. The predicted octanol–water partition coefficient (Wildman–Crippen LogP) is 2.70. The first kappa shape index (κ1) is 9.39. The Morgan fingerprint density at radius 2 is 2.38 bits per heavy atom. The summed E-state index contributed by atoms with van der Waals surface area (Å²) in [5, 5.41) is 0. The zero-order chi connectivity index (χ0) is 9.52. The molecule has 1 rings (SSSR count). The molecule has 1 aromatic rings. The summed E-state index contributed by atoms with van der Waals surface area (Å²) in [6.45, 7) is 5.51. The molecule has 0 aliphatic rings. The number of hydrogen-bond donors (Lipinski definition) is 0. The van der Waals surface area contributed by atoms with Crippen molar-refractivity contribution in [2.75, 3.05) is 0 Å². The SMILES string of the molecule is C=C/C=C(\N=CC)c1ccccn1. The number of aromatic nitrogens is 1. The van der Waals surface area contributed by atoms with E-state index in [9.17, 15) is 0 Å². The lowest BCUT2D eigenvalue weighted by molar-refractivity contribution is 1.26. The number of aliphatic imine (C=N–C) groups is 1.